The van der Waals surface area contributed by atoms with E-state index >= 15 is 0 Å². The van der Waals surface area contributed by atoms with Crippen LogP contribution in [0.4, 0.5) is 13.6 Å². The van der Waals surface area contributed by atoms with Crippen molar-refractivity contribution in [2.45, 2.75) is 38.8 Å². The summed E-state index contributed by atoms with van der Waals surface area (Å²) in [5.74, 6) is -1.89. The van der Waals surface area contributed by atoms with Crippen molar-refractivity contribution in [3.8, 4) is 5.75 Å². The van der Waals surface area contributed by atoms with Crippen molar-refractivity contribution in [2.75, 3.05) is 7.11 Å². The van der Waals surface area contributed by atoms with Gasteiger partial charge in [0.05, 0.1) is 24.2 Å². The zero-order chi connectivity index (χ0) is 21.2. The highest BCUT2D eigenvalue weighted by molar-refractivity contribution is 5.75. The Morgan fingerprint density at radius 3 is 2.55 bits per heavy atom. The number of H-pyrrole nitrogens is 1. The number of carbonyl (C=O) groups is 1. The number of benzene rings is 2. The molecular formula is C21H23F2N3O3. The van der Waals surface area contributed by atoms with Crippen LogP contribution >= 0.6 is 0 Å². The van der Waals surface area contributed by atoms with Crippen LogP contribution < -0.4 is 10.1 Å². The van der Waals surface area contributed by atoms with Crippen LogP contribution in [0.1, 0.15) is 38.2 Å². The number of nitrogens with zero attached hydrogens (tertiary/aromatic N) is 1. The molecule has 0 saturated carbocycles. The lowest BCUT2D eigenvalue weighted by atomic mass is 10.0. The van der Waals surface area contributed by atoms with E-state index in [-0.39, 0.29) is 17.7 Å². The number of alkyl carbamates (subject to hydrolysis) is 1. The van der Waals surface area contributed by atoms with E-state index in [9.17, 15) is 13.6 Å². The summed E-state index contributed by atoms with van der Waals surface area (Å²) in [5.41, 5.74) is 0.824. The molecule has 0 saturated heterocycles. The van der Waals surface area contributed by atoms with Crippen molar-refractivity contribution in [1.29, 1.82) is 0 Å². The SMILES string of the molecule is COc1ccc(CC(NC(=O)OC(C)(C)C)c2nc3ccccc3[nH]2)c(F)c1F. The fourth-order valence-corrected chi connectivity index (χ4v) is 2.91. The number of carbonyl (C=O) groups excluding carboxylic acids is 1. The Bertz CT molecular complexity index is 995. The Hall–Kier alpha value is -3.16. The van der Waals surface area contributed by atoms with Crippen LogP contribution in [-0.4, -0.2) is 28.8 Å². The average molecular weight is 403 g/mol. The number of hydrogen-bond donors (Lipinski definition) is 2. The minimum atomic E-state index is -1.08. The monoisotopic (exact) mass is 403 g/mol. The topological polar surface area (TPSA) is 76.2 Å². The lowest BCUT2D eigenvalue weighted by molar-refractivity contribution is 0.0501. The molecule has 29 heavy (non-hydrogen) atoms. The highest BCUT2D eigenvalue weighted by Gasteiger charge is 2.25. The number of imidazole rings is 1. The van der Waals surface area contributed by atoms with Gasteiger partial charge in [-0.2, -0.15) is 4.39 Å². The van der Waals surface area contributed by atoms with E-state index < -0.39 is 29.4 Å². The number of hydrogen-bond acceptors (Lipinski definition) is 4. The second-order valence-corrected chi connectivity index (χ2v) is 7.60. The number of aromatic nitrogens is 2. The number of aromatic amines is 1. The molecule has 1 aromatic heterocycles. The van der Waals surface area contributed by atoms with Crippen LogP contribution in [-0.2, 0) is 11.2 Å². The summed E-state index contributed by atoms with van der Waals surface area (Å²) in [5, 5.41) is 2.70. The Balaban J connectivity index is 1.94. The van der Waals surface area contributed by atoms with Gasteiger partial charge in [-0.3, -0.25) is 0 Å². The number of rotatable bonds is 5. The van der Waals surface area contributed by atoms with Crippen LogP contribution in [0.3, 0.4) is 0 Å². The van der Waals surface area contributed by atoms with Gasteiger partial charge < -0.3 is 19.8 Å². The first-order valence-electron chi connectivity index (χ1n) is 9.13. The van der Waals surface area contributed by atoms with Gasteiger partial charge in [0, 0.05) is 6.42 Å². The van der Waals surface area contributed by atoms with E-state index in [0.717, 1.165) is 5.52 Å². The van der Waals surface area contributed by atoms with Crippen molar-refractivity contribution < 1.29 is 23.0 Å². The van der Waals surface area contributed by atoms with Crippen molar-refractivity contribution >= 4 is 17.1 Å². The van der Waals surface area contributed by atoms with Crippen molar-refractivity contribution in [3.63, 3.8) is 0 Å². The van der Waals surface area contributed by atoms with Gasteiger partial charge in [0.2, 0.25) is 5.82 Å². The second-order valence-electron chi connectivity index (χ2n) is 7.60. The number of ether oxygens (including phenoxy) is 2. The normalized spacial score (nSPS) is 12.6. The molecule has 8 heteroatoms. The molecule has 3 rings (SSSR count). The summed E-state index contributed by atoms with van der Waals surface area (Å²) in [6, 6.07) is 9.33. The molecule has 2 N–H and O–H groups in total. The third-order valence-electron chi connectivity index (χ3n) is 4.20. The molecule has 154 valence electrons. The van der Waals surface area contributed by atoms with E-state index in [4.69, 9.17) is 9.47 Å². The average Bonchev–Trinajstić information content (AvgIpc) is 3.07. The molecular weight excluding hydrogens is 380 g/mol. The van der Waals surface area contributed by atoms with E-state index in [1.54, 1.807) is 20.8 Å². The van der Waals surface area contributed by atoms with E-state index in [2.05, 4.69) is 15.3 Å². The number of para-hydroxylation sites is 2. The molecule has 1 heterocycles. The molecule has 1 amide bonds. The standard InChI is InChI=1S/C21H23F2N3O3/c1-21(2,3)29-20(27)26-15(19-24-13-7-5-6-8-14(13)25-19)11-12-9-10-16(28-4)18(23)17(12)22/h5-10,15H,11H2,1-4H3,(H,24,25)(H,26,27). The lowest BCUT2D eigenvalue weighted by Crippen LogP contribution is -2.36. The first-order valence-corrected chi connectivity index (χ1v) is 9.13. The fraction of sp³-hybridized carbons (Fsp3) is 0.333. The molecule has 3 aromatic rings. The minimum absolute atomic E-state index is 0.0359. The maximum atomic E-state index is 14.5. The van der Waals surface area contributed by atoms with Gasteiger partial charge in [-0.15, -0.1) is 0 Å². The predicted molar refractivity (Wildman–Crippen MR) is 105 cm³/mol. The van der Waals surface area contributed by atoms with E-state index in [1.807, 2.05) is 24.3 Å². The number of methoxy groups -OCH3 is 1. The van der Waals surface area contributed by atoms with E-state index in [0.29, 0.717) is 11.3 Å². The molecule has 0 fully saturated rings. The first kappa shape index (κ1) is 20.6. The summed E-state index contributed by atoms with van der Waals surface area (Å²) in [4.78, 5) is 19.9. The van der Waals surface area contributed by atoms with Crippen LogP contribution in [0.2, 0.25) is 0 Å². The molecule has 1 unspecified atom stereocenters. The number of amides is 1. The van der Waals surface area contributed by atoms with Crippen LogP contribution in [0.5, 0.6) is 5.75 Å². The van der Waals surface area contributed by atoms with Gasteiger partial charge in [0.1, 0.15) is 11.4 Å². The van der Waals surface area contributed by atoms with Crippen molar-refractivity contribution in [3.05, 3.63) is 59.4 Å². The summed E-state index contributed by atoms with van der Waals surface area (Å²) < 4.78 is 38.8. The third-order valence-corrected chi connectivity index (χ3v) is 4.20. The largest absolute Gasteiger partial charge is 0.494 e. The fourth-order valence-electron chi connectivity index (χ4n) is 2.91. The van der Waals surface area contributed by atoms with Gasteiger partial charge in [0.15, 0.2) is 11.6 Å². The molecule has 0 aliphatic carbocycles. The molecule has 1 atom stereocenters. The van der Waals surface area contributed by atoms with Gasteiger partial charge in [-0.25, -0.2) is 14.2 Å². The quantitative estimate of drug-likeness (QED) is 0.650. The lowest BCUT2D eigenvalue weighted by Gasteiger charge is -2.23. The maximum Gasteiger partial charge on any atom is 0.408 e. The number of halogens is 2. The Morgan fingerprint density at radius 1 is 1.17 bits per heavy atom. The highest BCUT2D eigenvalue weighted by Crippen LogP contribution is 2.27. The second kappa shape index (κ2) is 8.06. The van der Waals surface area contributed by atoms with Gasteiger partial charge in [-0.05, 0) is 44.5 Å². The number of fused-ring (bicyclic) bond motifs is 1. The van der Waals surface area contributed by atoms with Crippen molar-refractivity contribution in [2.24, 2.45) is 0 Å². The predicted octanol–water partition coefficient (Wildman–Crippen LogP) is 4.66. The molecule has 0 aliphatic rings. The maximum absolute atomic E-state index is 14.5. The van der Waals surface area contributed by atoms with Crippen LogP contribution in [0, 0.1) is 11.6 Å². The Morgan fingerprint density at radius 2 is 1.90 bits per heavy atom. The molecule has 0 bridgehead atoms. The van der Waals surface area contributed by atoms with Crippen LogP contribution in [0.15, 0.2) is 36.4 Å². The van der Waals surface area contributed by atoms with E-state index in [1.165, 1.54) is 19.2 Å². The summed E-state index contributed by atoms with van der Waals surface area (Å²) in [6.07, 6.45) is -0.719. The van der Waals surface area contributed by atoms with Gasteiger partial charge in [-0.1, -0.05) is 18.2 Å². The highest BCUT2D eigenvalue weighted by atomic mass is 19.2. The zero-order valence-corrected chi connectivity index (χ0v) is 16.7. The Kier molecular flexibility index (Phi) is 5.72. The molecule has 0 spiro atoms. The number of nitrogens with one attached hydrogen (secondary N) is 2. The van der Waals surface area contributed by atoms with Crippen LogP contribution in [0.25, 0.3) is 11.0 Å². The molecule has 0 radical (unpaired) electrons. The molecule has 0 aliphatic heterocycles. The first-order chi connectivity index (χ1) is 13.7. The Labute approximate surface area is 167 Å². The summed E-state index contributed by atoms with van der Waals surface area (Å²) in [6.45, 7) is 5.21. The summed E-state index contributed by atoms with van der Waals surface area (Å²) in [7, 11) is 1.26. The third kappa shape index (κ3) is 4.82. The summed E-state index contributed by atoms with van der Waals surface area (Å²) >= 11 is 0. The minimum Gasteiger partial charge on any atom is -0.494 e. The van der Waals surface area contributed by atoms with Gasteiger partial charge >= 0.3 is 6.09 Å². The molecule has 6 nitrogen and oxygen atoms in total. The zero-order valence-electron chi connectivity index (χ0n) is 16.7. The smallest absolute Gasteiger partial charge is 0.408 e. The molecule has 2 aromatic carbocycles. The van der Waals surface area contributed by atoms with Crippen molar-refractivity contribution in [1.82, 2.24) is 15.3 Å². The van der Waals surface area contributed by atoms with Gasteiger partial charge in [0.25, 0.3) is 0 Å².